The van der Waals surface area contributed by atoms with Crippen LogP contribution in [0.5, 0.6) is 0 Å². The summed E-state index contributed by atoms with van der Waals surface area (Å²) in [5, 5.41) is 3.34. The third-order valence-corrected chi connectivity index (χ3v) is 3.98. The molecule has 0 bridgehead atoms. The Morgan fingerprint density at radius 1 is 1.19 bits per heavy atom. The summed E-state index contributed by atoms with van der Waals surface area (Å²) >= 11 is 9.70. The van der Waals surface area contributed by atoms with Gasteiger partial charge < -0.3 is 11.1 Å². The maximum absolute atomic E-state index is 11.9. The van der Waals surface area contributed by atoms with E-state index in [2.05, 4.69) is 26.2 Å². The van der Waals surface area contributed by atoms with Crippen molar-refractivity contribution in [3.8, 4) is 0 Å². The van der Waals surface area contributed by atoms with Crippen LogP contribution in [0.2, 0.25) is 5.02 Å². The van der Waals surface area contributed by atoms with Crippen molar-refractivity contribution in [2.75, 3.05) is 5.32 Å². The van der Waals surface area contributed by atoms with Crippen LogP contribution in [0.1, 0.15) is 11.1 Å². The molecule has 6 heteroatoms. The average molecular weight is 365 g/mol. The minimum absolute atomic E-state index is 0.347. The zero-order chi connectivity index (χ0) is 15.0. The number of nitrogens with two attached hydrogens (primary N) is 1. The maximum Gasteiger partial charge on any atom is 0.263 e. The second-order valence-electron chi connectivity index (χ2n) is 4.58. The van der Waals surface area contributed by atoms with Gasteiger partial charge in [0, 0.05) is 20.6 Å². The molecule has 0 aliphatic carbocycles. The van der Waals surface area contributed by atoms with E-state index in [0.29, 0.717) is 16.4 Å². The van der Waals surface area contributed by atoms with E-state index in [1.807, 2.05) is 36.4 Å². The number of nitrogens with one attached hydrogen (secondary N) is 1. The van der Waals surface area contributed by atoms with E-state index in [-0.39, 0.29) is 5.91 Å². The largest absolute Gasteiger partial charge is 0.322 e. The maximum atomic E-state index is 11.9. The van der Waals surface area contributed by atoms with Crippen molar-refractivity contribution in [3.63, 3.8) is 0 Å². The number of carbonyl (C=O) groups excluding carboxylic acids is 1. The Balaban J connectivity index is 2.27. The smallest absolute Gasteiger partial charge is 0.263 e. The number of rotatable bonds is 1. The summed E-state index contributed by atoms with van der Waals surface area (Å²) < 4.78 is 0.880. The van der Waals surface area contributed by atoms with Crippen LogP contribution in [0, 0.1) is 0 Å². The zero-order valence-electron chi connectivity index (χ0n) is 10.8. The van der Waals surface area contributed by atoms with Gasteiger partial charge in [-0.1, -0.05) is 45.7 Å². The summed E-state index contributed by atoms with van der Waals surface area (Å²) in [6, 6.07) is 12.9. The number of halogens is 2. The van der Waals surface area contributed by atoms with E-state index >= 15 is 0 Å². The topological polar surface area (TPSA) is 67.5 Å². The standard InChI is InChI=1S/C15H11BrClN3O/c16-8-5-6-12-10(7-8)13(20-14(18)15(21)19-12)9-3-1-2-4-11(9)17/h1-7,14H,18H2,(H,19,21). The van der Waals surface area contributed by atoms with Gasteiger partial charge in [-0.2, -0.15) is 0 Å². The SMILES string of the molecule is NC1N=C(c2ccccc2Cl)c2cc(Br)ccc2NC1=O. The molecule has 1 atom stereocenters. The number of hydrogen-bond acceptors (Lipinski definition) is 3. The number of nitrogens with zero attached hydrogens (tertiary/aromatic N) is 1. The van der Waals surface area contributed by atoms with Crippen LogP contribution in [-0.4, -0.2) is 17.8 Å². The second kappa shape index (κ2) is 5.60. The number of fused-ring (bicyclic) bond motifs is 1. The molecule has 106 valence electrons. The van der Waals surface area contributed by atoms with Gasteiger partial charge in [-0.3, -0.25) is 9.79 Å². The van der Waals surface area contributed by atoms with E-state index in [9.17, 15) is 4.79 Å². The van der Waals surface area contributed by atoms with Crippen LogP contribution < -0.4 is 11.1 Å². The zero-order valence-corrected chi connectivity index (χ0v) is 13.1. The lowest BCUT2D eigenvalue weighted by Gasteiger charge is -2.11. The van der Waals surface area contributed by atoms with Crippen LogP contribution in [0.4, 0.5) is 5.69 Å². The molecule has 2 aromatic carbocycles. The van der Waals surface area contributed by atoms with Crippen LogP contribution >= 0.6 is 27.5 Å². The first-order valence-corrected chi connectivity index (χ1v) is 7.42. The molecule has 0 fully saturated rings. The first-order valence-electron chi connectivity index (χ1n) is 6.25. The minimum Gasteiger partial charge on any atom is -0.322 e. The van der Waals surface area contributed by atoms with E-state index < -0.39 is 6.17 Å². The molecule has 3 N–H and O–H groups in total. The average Bonchev–Trinajstić information content (AvgIpc) is 2.58. The predicted molar refractivity (Wildman–Crippen MR) is 87.8 cm³/mol. The van der Waals surface area contributed by atoms with Crippen molar-refractivity contribution in [2.24, 2.45) is 10.7 Å². The molecular weight excluding hydrogens is 354 g/mol. The number of hydrogen-bond donors (Lipinski definition) is 2. The van der Waals surface area contributed by atoms with Crippen LogP contribution in [0.3, 0.4) is 0 Å². The highest BCUT2D eigenvalue weighted by molar-refractivity contribution is 9.10. The van der Waals surface area contributed by atoms with E-state index in [0.717, 1.165) is 15.6 Å². The first-order chi connectivity index (χ1) is 10.1. The molecule has 1 aliphatic rings. The van der Waals surface area contributed by atoms with Crippen molar-refractivity contribution < 1.29 is 4.79 Å². The molecule has 0 radical (unpaired) electrons. The summed E-state index contributed by atoms with van der Waals surface area (Å²) in [4.78, 5) is 16.3. The summed E-state index contributed by atoms with van der Waals surface area (Å²) in [6.07, 6.45) is -0.970. The molecule has 1 aliphatic heterocycles. The highest BCUT2D eigenvalue weighted by atomic mass is 79.9. The molecule has 0 aromatic heterocycles. The molecule has 1 amide bonds. The fourth-order valence-corrected chi connectivity index (χ4v) is 2.75. The van der Waals surface area contributed by atoms with Gasteiger partial charge in [-0.25, -0.2) is 0 Å². The Labute approximate surface area is 135 Å². The lowest BCUT2D eigenvalue weighted by molar-refractivity contribution is -0.117. The van der Waals surface area contributed by atoms with Crippen LogP contribution in [-0.2, 0) is 4.79 Å². The normalized spacial score (nSPS) is 17.6. The number of benzene rings is 2. The van der Waals surface area contributed by atoms with Crippen molar-refractivity contribution in [1.82, 2.24) is 0 Å². The molecule has 3 rings (SSSR count). The molecule has 4 nitrogen and oxygen atoms in total. The van der Waals surface area contributed by atoms with Gasteiger partial charge in [-0.05, 0) is 24.3 Å². The fraction of sp³-hybridized carbons (Fsp3) is 0.0667. The number of carbonyl (C=O) groups is 1. The summed E-state index contributed by atoms with van der Waals surface area (Å²) in [5.74, 6) is -0.347. The summed E-state index contributed by atoms with van der Waals surface area (Å²) in [6.45, 7) is 0. The van der Waals surface area contributed by atoms with Gasteiger partial charge in [0.1, 0.15) is 0 Å². The molecular formula is C15H11BrClN3O. The highest BCUT2D eigenvalue weighted by Gasteiger charge is 2.24. The Bertz CT molecular complexity index is 760. The predicted octanol–water partition coefficient (Wildman–Crippen LogP) is 3.18. The van der Waals surface area contributed by atoms with E-state index in [1.165, 1.54) is 0 Å². The van der Waals surface area contributed by atoms with Gasteiger partial charge in [0.2, 0.25) is 0 Å². The lowest BCUT2D eigenvalue weighted by atomic mass is 10.0. The van der Waals surface area contributed by atoms with Gasteiger partial charge in [-0.15, -0.1) is 0 Å². The van der Waals surface area contributed by atoms with E-state index in [4.69, 9.17) is 17.3 Å². The Hall–Kier alpha value is -1.69. The third-order valence-electron chi connectivity index (χ3n) is 3.16. The fourth-order valence-electron chi connectivity index (χ4n) is 2.16. The monoisotopic (exact) mass is 363 g/mol. The van der Waals surface area contributed by atoms with Crippen LogP contribution in [0.25, 0.3) is 0 Å². The van der Waals surface area contributed by atoms with Crippen molar-refractivity contribution in [1.29, 1.82) is 0 Å². The molecule has 1 unspecified atom stereocenters. The summed E-state index contributed by atoms with van der Waals surface area (Å²) in [7, 11) is 0. The van der Waals surface area contributed by atoms with Gasteiger partial charge in [0.15, 0.2) is 6.17 Å². The molecule has 2 aromatic rings. The molecule has 1 heterocycles. The number of benzodiazepines with no additional fused rings is 1. The molecule has 21 heavy (non-hydrogen) atoms. The van der Waals surface area contributed by atoms with Crippen molar-refractivity contribution in [2.45, 2.75) is 6.17 Å². The lowest BCUT2D eigenvalue weighted by Crippen LogP contribution is -2.33. The third kappa shape index (κ3) is 2.72. The van der Waals surface area contributed by atoms with Gasteiger partial charge >= 0.3 is 0 Å². The summed E-state index contributed by atoms with van der Waals surface area (Å²) in [5.41, 5.74) is 8.60. The Morgan fingerprint density at radius 2 is 1.95 bits per heavy atom. The van der Waals surface area contributed by atoms with Gasteiger partial charge in [0.25, 0.3) is 5.91 Å². The molecule has 0 saturated heterocycles. The number of anilines is 1. The van der Waals surface area contributed by atoms with E-state index in [1.54, 1.807) is 6.07 Å². The second-order valence-corrected chi connectivity index (χ2v) is 5.90. The van der Waals surface area contributed by atoms with Crippen LogP contribution in [0.15, 0.2) is 51.9 Å². The van der Waals surface area contributed by atoms with Crippen molar-refractivity contribution in [3.05, 3.63) is 63.1 Å². The van der Waals surface area contributed by atoms with Gasteiger partial charge in [0.05, 0.1) is 11.4 Å². The molecule has 0 saturated carbocycles. The quantitative estimate of drug-likeness (QED) is 0.816. The van der Waals surface area contributed by atoms with Crippen molar-refractivity contribution >= 4 is 44.8 Å². The Kier molecular flexibility index (Phi) is 3.80. The highest BCUT2D eigenvalue weighted by Crippen LogP contribution is 2.29. The Morgan fingerprint density at radius 3 is 2.71 bits per heavy atom. The first kappa shape index (κ1) is 14.3. The number of aliphatic imine (C=N–C) groups is 1. The molecule has 0 spiro atoms. The minimum atomic E-state index is -0.970. The number of amides is 1.